The number of benzene rings is 1. The highest BCUT2D eigenvalue weighted by atomic mass is 16.4. The van der Waals surface area contributed by atoms with Crippen LogP contribution >= 0.6 is 0 Å². The zero-order valence-corrected chi connectivity index (χ0v) is 21.9. The molecule has 2 heterocycles. The molecule has 2 aliphatic rings. The normalized spacial score (nSPS) is 21.2. The van der Waals surface area contributed by atoms with Crippen LogP contribution < -0.4 is 22.1 Å². The lowest BCUT2D eigenvalue weighted by Gasteiger charge is -2.40. The van der Waals surface area contributed by atoms with Gasteiger partial charge in [-0.25, -0.2) is 14.8 Å². The van der Waals surface area contributed by atoms with Gasteiger partial charge in [-0.05, 0) is 70.7 Å². The highest BCUT2D eigenvalue weighted by Gasteiger charge is 2.44. The van der Waals surface area contributed by atoms with Gasteiger partial charge in [0.1, 0.15) is 0 Å². The van der Waals surface area contributed by atoms with E-state index in [0.717, 1.165) is 43.6 Å². The number of carbonyl (C=O) groups is 1. The largest absolute Gasteiger partial charge is 0.478 e. The molecule has 0 radical (unpaired) electrons. The van der Waals surface area contributed by atoms with Crippen molar-refractivity contribution in [2.24, 2.45) is 27.4 Å². The fourth-order valence-electron chi connectivity index (χ4n) is 4.89. The number of aliphatic imine (C=N–C) groups is 2. The first-order chi connectivity index (χ1) is 17.2. The summed E-state index contributed by atoms with van der Waals surface area (Å²) >= 11 is 0. The zero-order chi connectivity index (χ0) is 26.2. The van der Waals surface area contributed by atoms with Crippen molar-refractivity contribution in [2.75, 3.05) is 31.5 Å². The Bertz CT molecular complexity index is 1050. The zero-order valence-electron chi connectivity index (χ0n) is 21.9. The Kier molecular flexibility index (Phi) is 9.38. The second-order valence-electron chi connectivity index (χ2n) is 10.0. The quantitative estimate of drug-likeness (QED) is 0.153. The first-order valence-corrected chi connectivity index (χ1v) is 12.7. The minimum Gasteiger partial charge on any atom is -0.478 e. The Morgan fingerprint density at radius 2 is 1.86 bits per heavy atom. The van der Waals surface area contributed by atoms with Crippen molar-refractivity contribution < 1.29 is 9.90 Å². The molecule has 0 bridgehead atoms. The number of nitrogens with two attached hydrogens (primary N) is 2. The van der Waals surface area contributed by atoms with E-state index < -0.39 is 5.97 Å². The maximum Gasteiger partial charge on any atom is 0.335 e. The van der Waals surface area contributed by atoms with Crippen LogP contribution in [0.3, 0.4) is 0 Å². The first-order valence-electron chi connectivity index (χ1n) is 12.7. The van der Waals surface area contributed by atoms with Crippen LogP contribution in [-0.4, -0.2) is 60.1 Å². The van der Waals surface area contributed by atoms with E-state index in [2.05, 4.69) is 25.5 Å². The second kappa shape index (κ2) is 12.5. The van der Waals surface area contributed by atoms with E-state index in [0.29, 0.717) is 30.9 Å². The van der Waals surface area contributed by atoms with Crippen molar-refractivity contribution in [3.05, 3.63) is 52.6 Å². The summed E-state index contributed by atoms with van der Waals surface area (Å²) in [5, 5.41) is 16.5. The smallest absolute Gasteiger partial charge is 0.335 e. The Labute approximate surface area is 214 Å². The highest BCUT2D eigenvalue weighted by molar-refractivity contribution is 5.89. The molecular weight excluding hydrogens is 454 g/mol. The molecule has 2 aliphatic heterocycles. The molecule has 0 saturated carbocycles. The van der Waals surface area contributed by atoms with E-state index in [-0.39, 0.29) is 17.6 Å². The molecule has 196 valence electrons. The molecule has 3 rings (SSSR count). The topological polar surface area (TPSA) is 141 Å². The summed E-state index contributed by atoms with van der Waals surface area (Å²) in [5.41, 5.74) is 17.1. The SMILES string of the molecule is CC(C)=CCN=C(N)NCCC[C@H]1Nc2ccc(C(=O)O)cc2[C@H]2[C@@H]1CCN2C(N)=NCC=C(C)C. The molecule has 36 heavy (non-hydrogen) atoms. The molecule has 0 aromatic heterocycles. The van der Waals surface area contributed by atoms with Gasteiger partial charge in [0.15, 0.2) is 11.9 Å². The van der Waals surface area contributed by atoms with Crippen molar-refractivity contribution in [1.29, 1.82) is 0 Å². The van der Waals surface area contributed by atoms with E-state index >= 15 is 0 Å². The summed E-state index contributed by atoms with van der Waals surface area (Å²) in [6.07, 6.45) is 6.90. The minimum atomic E-state index is -0.930. The van der Waals surface area contributed by atoms with Crippen LogP contribution in [0.2, 0.25) is 0 Å². The number of hydrogen-bond acceptors (Lipinski definition) is 4. The van der Waals surface area contributed by atoms with Gasteiger partial charge >= 0.3 is 5.97 Å². The van der Waals surface area contributed by atoms with E-state index in [4.69, 9.17) is 11.5 Å². The molecule has 9 heteroatoms. The van der Waals surface area contributed by atoms with Gasteiger partial charge in [0.25, 0.3) is 0 Å². The Hall–Kier alpha value is -3.49. The van der Waals surface area contributed by atoms with Crippen molar-refractivity contribution >= 4 is 23.6 Å². The number of carboxylic acids is 1. The van der Waals surface area contributed by atoms with E-state index in [1.54, 1.807) is 12.1 Å². The average molecular weight is 496 g/mol. The lowest BCUT2D eigenvalue weighted by atomic mass is 9.80. The third-order valence-corrected chi connectivity index (χ3v) is 6.73. The number of rotatable bonds is 9. The fourth-order valence-corrected chi connectivity index (χ4v) is 4.89. The van der Waals surface area contributed by atoms with Crippen LogP contribution in [0.15, 0.2) is 51.5 Å². The summed E-state index contributed by atoms with van der Waals surface area (Å²) < 4.78 is 0. The summed E-state index contributed by atoms with van der Waals surface area (Å²) in [6.45, 7) is 10.8. The lowest BCUT2D eigenvalue weighted by Crippen LogP contribution is -2.44. The van der Waals surface area contributed by atoms with Gasteiger partial charge < -0.3 is 32.1 Å². The maximum atomic E-state index is 11.7. The van der Waals surface area contributed by atoms with Gasteiger partial charge in [-0.1, -0.05) is 23.3 Å². The van der Waals surface area contributed by atoms with Crippen molar-refractivity contribution in [3.8, 4) is 0 Å². The summed E-state index contributed by atoms with van der Waals surface area (Å²) in [5.74, 6) is 0.332. The predicted molar refractivity (Wildman–Crippen MR) is 147 cm³/mol. The number of allylic oxidation sites excluding steroid dienone is 2. The molecular formula is C27H41N7O2. The van der Waals surface area contributed by atoms with Crippen molar-refractivity contribution in [1.82, 2.24) is 10.2 Å². The van der Waals surface area contributed by atoms with Gasteiger partial charge in [0, 0.05) is 30.7 Å². The summed E-state index contributed by atoms with van der Waals surface area (Å²) in [4.78, 5) is 22.7. The number of fused-ring (bicyclic) bond motifs is 3. The maximum absolute atomic E-state index is 11.7. The molecule has 1 fully saturated rings. The van der Waals surface area contributed by atoms with Crippen LogP contribution in [0.1, 0.15) is 68.9 Å². The number of nitrogens with zero attached hydrogens (tertiary/aromatic N) is 3. The molecule has 0 spiro atoms. The molecule has 1 aromatic carbocycles. The van der Waals surface area contributed by atoms with E-state index in [1.807, 2.05) is 45.9 Å². The molecule has 1 saturated heterocycles. The number of hydrogen-bond donors (Lipinski definition) is 5. The van der Waals surface area contributed by atoms with Gasteiger partial charge in [-0.2, -0.15) is 0 Å². The van der Waals surface area contributed by atoms with Crippen molar-refractivity contribution in [2.45, 2.75) is 59.0 Å². The van der Waals surface area contributed by atoms with Gasteiger partial charge in [0.05, 0.1) is 24.7 Å². The molecule has 9 nitrogen and oxygen atoms in total. The minimum absolute atomic E-state index is 0.00957. The predicted octanol–water partition coefficient (Wildman–Crippen LogP) is 3.47. The van der Waals surface area contributed by atoms with Crippen LogP contribution in [0.25, 0.3) is 0 Å². The average Bonchev–Trinajstić information content (AvgIpc) is 3.27. The molecule has 7 N–H and O–H groups in total. The fraction of sp³-hybridized carbons (Fsp3) is 0.519. The van der Waals surface area contributed by atoms with Gasteiger partial charge in [-0.3, -0.25) is 0 Å². The number of carboxylic acid groups (broad SMARTS) is 1. The Morgan fingerprint density at radius 3 is 2.53 bits per heavy atom. The number of likely N-dealkylation sites (tertiary alicyclic amines) is 1. The number of guanidine groups is 2. The van der Waals surface area contributed by atoms with E-state index in [1.165, 1.54) is 11.1 Å². The third kappa shape index (κ3) is 7.02. The number of nitrogens with one attached hydrogen (secondary N) is 2. The van der Waals surface area contributed by atoms with Crippen LogP contribution in [-0.2, 0) is 0 Å². The second-order valence-corrected chi connectivity index (χ2v) is 10.0. The van der Waals surface area contributed by atoms with E-state index in [9.17, 15) is 9.90 Å². The molecule has 3 atom stereocenters. The monoisotopic (exact) mass is 495 g/mol. The van der Waals surface area contributed by atoms with Gasteiger partial charge in [0.2, 0.25) is 0 Å². The number of aromatic carboxylic acids is 1. The van der Waals surface area contributed by atoms with Crippen LogP contribution in [0, 0.1) is 5.92 Å². The molecule has 0 amide bonds. The number of anilines is 1. The van der Waals surface area contributed by atoms with Crippen LogP contribution in [0.5, 0.6) is 0 Å². The Balaban J connectivity index is 1.74. The molecule has 0 unspecified atom stereocenters. The summed E-state index contributed by atoms with van der Waals surface area (Å²) in [6, 6.07) is 5.54. The first kappa shape index (κ1) is 27.1. The Morgan fingerprint density at radius 1 is 1.17 bits per heavy atom. The highest BCUT2D eigenvalue weighted by Crippen LogP contribution is 2.47. The molecule has 1 aromatic rings. The standard InChI is InChI=1S/C27H41N7O2/c1-17(2)9-13-31-26(28)30-12-5-6-22-20-11-15-34(27(29)32-14-10-18(3)4)24(20)21-16-19(25(35)36)7-8-23(21)33-22/h7-10,16,20,22,24,33H,5-6,11-15H2,1-4H3,(H2,29,32)(H,35,36)(H3,28,30,31)/t20-,22-,24-/m1/s1. The summed E-state index contributed by atoms with van der Waals surface area (Å²) in [7, 11) is 0. The van der Waals surface area contributed by atoms with Gasteiger partial charge in [-0.15, -0.1) is 0 Å². The lowest BCUT2D eigenvalue weighted by molar-refractivity contribution is 0.0696. The van der Waals surface area contributed by atoms with Crippen LogP contribution in [0.4, 0.5) is 5.69 Å². The molecule has 0 aliphatic carbocycles. The van der Waals surface area contributed by atoms with Crippen molar-refractivity contribution in [3.63, 3.8) is 0 Å². The third-order valence-electron chi connectivity index (χ3n) is 6.73.